The van der Waals surface area contributed by atoms with Crippen molar-refractivity contribution in [2.24, 2.45) is 23.7 Å². The van der Waals surface area contributed by atoms with E-state index < -0.39 is 74.2 Å². The molecule has 84 heavy (non-hydrogen) atoms. The lowest BCUT2D eigenvalue weighted by Crippen LogP contribution is -2.31. The molecule has 14 nitrogen and oxygen atoms in total. The number of hydrogen-bond donors (Lipinski definition) is 3. The zero-order valence-electron chi connectivity index (χ0n) is 49.5. The lowest BCUT2D eigenvalue weighted by atomic mass is 9.89. The zero-order chi connectivity index (χ0) is 61.3. The first kappa shape index (κ1) is 75.1. The molecule has 19 heteroatoms. The number of ether oxygens (including phenoxy) is 5. The van der Waals surface area contributed by atoms with Crippen LogP contribution in [0.2, 0.25) is 0 Å². The SMILES string of the molecule is C.CCCC(F)(F)C(=O)CP(=O)(OC)OC.CCCC/C=C\C[C@@H]1[C@@H](CO)[C@H](OCc2ccc(OC)cc2)C[C@@H]1O.CCCCC(F)(F)C(=O)/C=C/[C@@H]1[C@@H](C/C=C\CCCC(=O)OCc2ccccc2)[C@@H](O)C[C@H]1OCc1ccc(OC)cc1. The van der Waals surface area contributed by atoms with Crippen LogP contribution in [0.5, 0.6) is 11.5 Å². The molecule has 0 saturated heterocycles. The van der Waals surface area contributed by atoms with Crippen molar-refractivity contribution in [2.45, 2.75) is 181 Å². The third-order valence-corrected chi connectivity index (χ3v) is 16.5. The van der Waals surface area contributed by atoms with Gasteiger partial charge in [-0.25, -0.2) is 0 Å². The number of methoxy groups -OCH3 is 2. The van der Waals surface area contributed by atoms with Crippen LogP contribution >= 0.6 is 7.60 Å². The first-order chi connectivity index (χ1) is 39.7. The van der Waals surface area contributed by atoms with Gasteiger partial charge < -0.3 is 48.1 Å². The maximum Gasteiger partial charge on any atom is 0.337 e. The number of benzene rings is 3. The molecular formula is C65H95F4O14P. The second-order valence-corrected chi connectivity index (χ2v) is 23.2. The van der Waals surface area contributed by atoms with E-state index in [4.69, 9.17) is 23.7 Å². The average molecular weight is 1210 g/mol. The monoisotopic (exact) mass is 1210 g/mol. The summed E-state index contributed by atoms with van der Waals surface area (Å²) >= 11 is 0. The summed E-state index contributed by atoms with van der Waals surface area (Å²) in [5.41, 5.74) is 2.91. The van der Waals surface area contributed by atoms with Gasteiger partial charge >= 0.3 is 25.4 Å². The van der Waals surface area contributed by atoms with E-state index >= 15 is 0 Å². The van der Waals surface area contributed by atoms with Crippen molar-refractivity contribution in [1.29, 1.82) is 0 Å². The number of allylic oxidation sites excluding steroid dienone is 5. The topological polar surface area (TPSA) is 194 Å². The highest BCUT2D eigenvalue weighted by molar-refractivity contribution is 7.54. The van der Waals surface area contributed by atoms with E-state index in [1.165, 1.54) is 25.8 Å². The molecule has 0 spiro atoms. The number of Topliss-reactive ketones (excluding diaryl/α,β-unsaturated/α-hetero) is 1. The standard InChI is InChI=1S/C35H44F2O6.C21H32O4.C8H15F2O4P.CH4/c1-3-4-22-35(36,37)33(39)21-20-30-29(31(38)23-32(30)42-24-27-16-18-28(41-2)19-17-27)14-10-5-6-11-15-34(40)43-25-26-12-8-7-9-13-26;1-3-4-5-6-7-8-18-19(14-22)21(13-20(18)23)25-15-16-9-11-17(24-2)12-10-16;1-4-5-8(9,10)7(11)6-15(12,13-2)14-3;/h5,7-10,12-13,16-21,29-32,38H,3-4,6,11,14-15,22-25H2,1-2H3;6-7,9-12,18-23H,3-5,8,13-15H2,1-2H3;4-6H2,1-3H3;1H4/b10-5-,21-20+;7-6-;;/t29-,30-,31+,32-;18-,19-,20+,21-;;/m11../s1. The minimum atomic E-state index is -3.69. The number of esters is 1. The van der Waals surface area contributed by atoms with Crippen LogP contribution in [0.1, 0.15) is 141 Å². The van der Waals surface area contributed by atoms with E-state index in [0.717, 1.165) is 61.3 Å². The van der Waals surface area contributed by atoms with Crippen molar-refractivity contribution in [2.75, 3.05) is 41.2 Å². The van der Waals surface area contributed by atoms with Crippen LogP contribution in [0.4, 0.5) is 17.6 Å². The van der Waals surface area contributed by atoms with E-state index in [9.17, 15) is 51.8 Å². The molecule has 0 aliphatic heterocycles. The molecule has 2 aliphatic rings. The van der Waals surface area contributed by atoms with Crippen molar-refractivity contribution in [1.82, 2.24) is 0 Å². The second-order valence-electron chi connectivity index (χ2n) is 20.9. The average Bonchev–Trinajstić information content (AvgIpc) is 3.69. The lowest BCUT2D eigenvalue weighted by molar-refractivity contribution is -0.145. The van der Waals surface area contributed by atoms with Crippen LogP contribution < -0.4 is 9.47 Å². The van der Waals surface area contributed by atoms with Crippen molar-refractivity contribution in [3.8, 4) is 11.5 Å². The number of hydrogen-bond acceptors (Lipinski definition) is 14. The number of alkyl halides is 4. The number of ketones is 2. The summed E-state index contributed by atoms with van der Waals surface area (Å²) < 4.78 is 103. The Morgan fingerprint density at radius 3 is 1.65 bits per heavy atom. The number of aliphatic hydroxyl groups excluding tert-OH is 3. The molecule has 0 bridgehead atoms. The zero-order valence-corrected chi connectivity index (χ0v) is 50.4. The number of unbranched alkanes of at least 4 members (excludes halogenated alkanes) is 4. The van der Waals surface area contributed by atoms with Crippen molar-refractivity contribution in [3.63, 3.8) is 0 Å². The highest BCUT2D eigenvalue weighted by atomic mass is 31.2. The van der Waals surface area contributed by atoms with Crippen molar-refractivity contribution >= 4 is 25.1 Å². The van der Waals surface area contributed by atoms with Gasteiger partial charge in [-0.15, -0.1) is 0 Å². The fourth-order valence-electron chi connectivity index (χ4n) is 9.67. The van der Waals surface area contributed by atoms with Crippen LogP contribution in [0, 0.1) is 23.7 Å². The lowest BCUT2D eigenvalue weighted by Gasteiger charge is -2.23. The minimum absolute atomic E-state index is 0. The van der Waals surface area contributed by atoms with Gasteiger partial charge in [-0.3, -0.25) is 18.9 Å². The van der Waals surface area contributed by atoms with Gasteiger partial charge in [-0.05, 0) is 104 Å². The third kappa shape index (κ3) is 26.7. The van der Waals surface area contributed by atoms with Gasteiger partial charge in [0.25, 0.3) is 0 Å². The molecule has 472 valence electrons. The van der Waals surface area contributed by atoms with E-state index in [2.05, 4.69) is 28.1 Å². The largest absolute Gasteiger partial charge is 0.497 e. The highest BCUT2D eigenvalue weighted by Gasteiger charge is 2.44. The van der Waals surface area contributed by atoms with E-state index in [-0.39, 0.29) is 69.9 Å². The molecule has 0 radical (unpaired) electrons. The number of aliphatic hydroxyl groups is 3. The summed E-state index contributed by atoms with van der Waals surface area (Å²) in [5.74, 6) is -8.87. The minimum Gasteiger partial charge on any atom is -0.497 e. The summed E-state index contributed by atoms with van der Waals surface area (Å²) in [6.07, 6.45) is 15.4. The number of rotatable bonds is 35. The molecule has 0 unspecified atom stereocenters. The van der Waals surface area contributed by atoms with E-state index in [0.29, 0.717) is 51.6 Å². The Morgan fingerprint density at radius 1 is 0.619 bits per heavy atom. The molecule has 3 aromatic rings. The fraction of sp³-hybridized carbons (Fsp3) is 0.585. The van der Waals surface area contributed by atoms with Crippen LogP contribution in [0.15, 0.2) is 115 Å². The molecular weight excluding hydrogens is 1110 g/mol. The normalized spacial score (nSPS) is 20.7. The summed E-state index contributed by atoms with van der Waals surface area (Å²) in [7, 11) is 1.65. The number of carbonyl (C=O) groups is 3. The fourth-order valence-corrected chi connectivity index (χ4v) is 10.7. The molecule has 3 aromatic carbocycles. The maximum absolute atomic E-state index is 14.4. The van der Waals surface area contributed by atoms with Crippen LogP contribution in [-0.4, -0.2) is 110 Å². The number of halogens is 4. The molecule has 3 N–H and O–H groups in total. The Morgan fingerprint density at radius 2 is 1.13 bits per heavy atom. The molecule has 0 aromatic heterocycles. The Hall–Kier alpha value is -5.04. The van der Waals surface area contributed by atoms with Gasteiger partial charge in [0.15, 0.2) is 0 Å². The van der Waals surface area contributed by atoms with Gasteiger partial charge in [0, 0.05) is 64.8 Å². The van der Waals surface area contributed by atoms with Gasteiger partial charge in [-0.1, -0.05) is 132 Å². The Balaban J connectivity index is 0.000000493. The Kier molecular flexibility index (Phi) is 36.1. The van der Waals surface area contributed by atoms with Crippen LogP contribution in [0.25, 0.3) is 0 Å². The predicted octanol–water partition coefficient (Wildman–Crippen LogP) is 14.2. The van der Waals surface area contributed by atoms with Gasteiger partial charge in [0.1, 0.15) is 24.3 Å². The first-order valence-corrected chi connectivity index (χ1v) is 30.6. The van der Waals surface area contributed by atoms with Crippen molar-refractivity contribution in [3.05, 3.63) is 132 Å². The molecule has 5 rings (SSSR count). The summed E-state index contributed by atoms with van der Waals surface area (Å²) in [6, 6.07) is 24.7. The van der Waals surface area contributed by atoms with E-state index in [1.54, 1.807) is 21.1 Å². The predicted molar refractivity (Wildman–Crippen MR) is 319 cm³/mol. The molecule has 2 aliphatic carbocycles. The van der Waals surface area contributed by atoms with Crippen molar-refractivity contribution < 1.29 is 84.6 Å². The third-order valence-electron chi connectivity index (χ3n) is 14.8. The van der Waals surface area contributed by atoms with E-state index in [1.807, 2.05) is 91.0 Å². The highest BCUT2D eigenvalue weighted by Crippen LogP contribution is 2.47. The maximum atomic E-state index is 14.4. The molecule has 8 atom stereocenters. The summed E-state index contributed by atoms with van der Waals surface area (Å²) in [5, 5.41) is 31.1. The van der Waals surface area contributed by atoms with Crippen LogP contribution in [-0.2, 0) is 62.0 Å². The second kappa shape index (κ2) is 40.4. The summed E-state index contributed by atoms with van der Waals surface area (Å²) in [4.78, 5) is 35.5. The summed E-state index contributed by atoms with van der Waals surface area (Å²) in [6.45, 7) is 6.58. The van der Waals surface area contributed by atoms with Gasteiger partial charge in [0.2, 0.25) is 11.6 Å². The molecule has 2 saturated carbocycles. The molecule has 0 heterocycles. The quantitative estimate of drug-likeness (QED) is 0.0126. The van der Waals surface area contributed by atoms with Crippen LogP contribution in [0.3, 0.4) is 0 Å². The van der Waals surface area contributed by atoms with Gasteiger partial charge in [-0.2, -0.15) is 17.6 Å². The van der Waals surface area contributed by atoms with Gasteiger partial charge in [0.05, 0.1) is 51.8 Å². The smallest absolute Gasteiger partial charge is 0.337 e. The molecule has 0 amide bonds. The molecule has 2 fully saturated rings. The Labute approximate surface area is 496 Å². The number of carbonyl (C=O) groups excluding carboxylic acids is 3. The first-order valence-electron chi connectivity index (χ1n) is 28.9. The Bertz CT molecular complexity index is 2430.